The second-order valence-electron chi connectivity index (χ2n) is 4.19. The molecule has 0 aliphatic rings. The molecule has 3 rings (SSSR count). The molecule has 0 saturated carbocycles. The van der Waals surface area contributed by atoms with Gasteiger partial charge in [-0.1, -0.05) is 18.2 Å². The van der Waals surface area contributed by atoms with Crippen LogP contribution in [0, 0.1) is 6.92 Å². The SMILES string of the molecule is Cc1ccccc1Nc1ccnc2ccncc12. The molecule has 0 atom stereocenters. The van der Waals surface area contributed by atoms with E-state index >= 15 is 0 Å². The van der Waals surface area contributed by atoms with Crippen molar-refractivity contribution >= 4 is 22.3 Å². The van der Waals surface area contributed by atoms with Gasteiger partial charge in [0.05, 0.1) is 11.2 Å². The van der Waals surface area contributed by atoms with Crippen LogP contribution < -0.4 is 5.32 Å². The van der Waals surface area contributed by atoms with Crippen LogP contribution in [0.5, 0.6) is 0 Å². The van der Waals surface area contributed by atoms with E-state index in [9.17, 15) is 0 Å². The highest BCUT2D eigenvalue weighted by molar-refractivity contribution is 5.92. The fraction of sp³-hybridized carbons (Fsp3) is 0.0667. The maximum absolute atomic E-state index is 4.33. The summed E-state index contributed by atoms with van der Waals surface area (Å²) in [6.45, 7) is 2.09. The number of benzene rings is 1. The highest BCUT2D eigenvalue weighted by atomic mass is 14.9. The number of rotatable bonds is 2. The van der Waals surface area contributed by atoms with Gasteiger partial charge in [-0.2, -0.15) is 0 Å². The van der Waals surface area contributed by atoms with Gasteiger partial charge in [0.2, 0.25) is 0 Å². The average molecular weight is 235 g/mol. The topological polar surface area (TPSA) is 37.8 Å². The molecule has 0 unspecified atom stereocenters. The lowest BCUT2D eigenvalue weighted by atomic mass is 10.2. The lowest BCUT2D eigenvalue weighted by molar-refractivity contribution is 1.32. The summed E-state index contributed by atoms with van der Waals surface area (Å²) in [5, 5.41) is 4.47. The van der Waals surface area contributed by atoms with Gasteiger partial charge in [-0.25, -0.2) is 0 Å². The van der Waals surface area contributed by atoms with Gasteiger partial charge in [0.25, 0.3) is 0 Å². The maximum atomic E-state index is 4.33. The lowest BCUT2D eigenvalue weighted by Crippen LogP contribution is -1.94. The number of nitrogens with zero attached hydrogens (tertiary/aromatic N) is 2. The number of aryl methyl sites for hydroxylation is 1. The van der Waals surface area contributed by atoms with E-state index in [1.54, 1.807) is 6.20 Å². The van der Waals surface area contributed by atoms with Crippen LogP contribution in [0.2, 0.25) is 0 Å². The standard InChI is InChI=1S/C15H13N3/c1-11-4-2-3-5-13(11)18-15-7-9-17-14-6-8-16-10-12(14)15/h2-10H,1H3,(H,17,18). The molecular formula is C15H13N3. The molecule has 18 heavy (non-hydrogen) atoms. The Morgan fingerprint density at radius 3 is 2.72 bits per heavy atom. The second-order valence-corrected chi connectivity index (χ2v) is 4.19. The highest BCUT2D eigenvalue weighted by Gasteiger charge is 2.03. The number of hydrogen-bond acceptors (Lipinski definition) is 3. The molecule has 0 aliphatic heterocycles. The van der Waals surface area contributed by atoms with Crippen LogP contribution in [-0.2, 0) is 0 Å². The van der Waals surface area contributed by atoms with Gasteiger partial charge in [-0.15, -0.1) is 0 Å². The van der Waals surface area contributed by atoms with Crippen molar-refractivity contribution in [2.75, 3.05) is 5.32 Å². The molecule has 0 saturated heterocycles. The number of hydrogen-bond donors (Lipinski definition) is 1. The van der Waals surface area contributed by atoms with Gasteiger partial charge in [0.1, 0.15) is 0 Å². The van der Waals surface area contributed by atoms with E-state index in [0.717, 1.165) is 22.3 Å². The van der Waals surface area contributed by atoms with Crippen LogP contribution in [0.15, 0.2) is 55.0 Å². The third kappa shape index (κ3) is 1.91. The molecule has 0 spiro atoms. The molecule has 0 fully saturated rings. The third-order valence-corrected chi connectivity index (χ3v) is 2.96. The zero-order chi connectivity index (χ0) is 12.4. The highest BCUT2D eigenvalue weighted by Crippen LogP contribution is 2.25. The Morgan fingerprint density at radius 2 is 1.83 bits per heavy atom. The first kappa shape index (κ1) is 10.7. The zero-order valence-electron chi connectivity index (χ0n) is 10.1. The molecule has 1 N–H and O–H groups in total. The van der Waals surface area contributed by atoms with Crippen molar-refractivity contribution in [3.8, 4) is 0 Å². The lowest BCUT2D eigenvalue weighted by Gasteiger charge is -2.11. The van der Waals surface area contributed by atoms with E-state index in [1.165, 1.54) is 5.56 Å². The molecule has 0 radical (unpaired) electrons. The van der Waals surface area contributed by atoms with Crippen LogP contribution in [0.4, 0.5) is 11.4 Å². The van der Waals surface area contributed by atoms with Crippen molar-refractivity contribution < 1.29 is 0 Å². The summed E-state index contributed by atoms with van der Waals surface area (Å²) in [6, 6.07) is 12.1. The maximum Gasteiger partial charge on any atom is 0.0753 e. The van der Waals surface area contributed by atoms with Gasteiger partial charge < -0.3 is 5.32 Å². The van der Waals surface area contributed by atoms with Crippen molar-refractivity contribution in [3.05, 3.63) is 60.6 Å². The second kappa shape index (κ2) is 4.45. The number of aromatic nitrogens is 2. The van der Waals surface area contributed by atoms with Gasteiger partial charge in [0, 0.05) is 29.7 Å². The fourth-order valence-corrected chi connectivity index (χ4v) is 1.96. The summed E-state index contributed by atoms with van der Waals surface area (Å²) in [5.74, 6) is 0. The monoisotopic (exact) mass is 235 g/mol. The quantitative estimate of drug-likeness (QED) is 0.736. The van der Waals surface area contributed by atoms with Crippen LogP contribution >= 0.6 is 0 Å². The summed E-state index contributed by atoms with van der Waals surface area (Å²) in [7, 11) is 0. The van der Waals surface area contributed by atoms with Crippen LogP contribution in [-0.4, -0.2) is 9.97 Å². The number of fused-ring (bicyclic) bond motifs is 1. The Hall–Kier alpha value is -2.42. The molecule has 88 valence electrons. The average Bonchev–Trinajstić information content (AvgIpc) is 2.42. The molecule has 0 bridgehead atoms. The minimum atomic E-state index is 0.948. The summed E-state index contributed by atoms with van der Waals surface area (Å²) >= 11 is 0. The van der Waals surface area contributed by atoms with Crippen molar-refractivity contribution in [2.45, 2.75) is 6.92 Å². The van der Waals surface area contributed by atoms with E-state index in [-0.39, 0.29) is 0 Å². The van der Waals surface area contributed by atoms with E-state index in [0.29, 0.717) is 0 Å². The van der Waals surface area contributed by atoms with Gasteiger partial charge >= 0.3 is 0 Å². The summed E-state index contributed by atoms with van der Waals surface area (Å²) in [4.78, 5) is 8.48. The first-order chi connectivity index (χ1) is 8.84. The molecule has 0 amide bonds. The van der Waals surface area contributed by atoms with E-state index in [4.69, 9.17) is 0 Å². The third-order valence-electron chi connectivity index (χ3n) is 2.96. The molecule has 1 aromatic carbocycles. The van der Waals surface area contributed by atoms with Gasteiger partial charge in [0.15, 0.2) is 0 Å². The Bertz CT molecular complexity index is 687. The number of nitrogens with one attached hydrogen (secondary N) is 1. The smallest absolute Gasteiger partial charge is 0.0753 e. The molecule has 3 nitrogen and oxygen atoms in total. The Kier molecular flexibility index (Phi) is 2.65. The van der Waals surface area contributed by atoms with Crippen LogP contribution in [0.1, 0.15) is 5.56 Å². The minimum absolute atomic E-state index is 0.948. The van der Waals surface area contributed by atoms with Crippen molar-refractivity contribution in [1.82, 2.24) is 9.97 Å². The first-order valence-corrected chi connectivity index (χ1v) is 5.86. The van der Waals surface area contributed by atoms with Crippen molar-refractivity contribution in [2.24, 2.45) is 0 Å². The van der Waals surface area contributed by atoms with Gasteiger partial charge in [-0.05, 0) is 30.7 Å². The zero-order valence-corrected chi connectivity index (χ0v) is 10.1. The Morgan fingerprint density at radius 1 is 0.944 bits per heavy atom. The molecule has 3 aromatic rings. The fourth-order valence-electron chi connectivity index (χ4n) is 1.96. The summed E-state index contributed by atoms with van der Waals surface area (Å²) in [6.07, 6.45) is 5.40. The summed E-state index contributed by atoms with van der Waals surface area (Å²) in [5.41, 5.74) is 4.30. The van der Waals surface area contributed by atoms with E-state index in [2.05, 4.69) is 34.3 Å². The predicted octanol–water partition coefficient (Wildman–Crippen LogP) is 3.68. The number of pyridine rings is 2. The van der Waals surface area contributed by atoms with E-state index < -0.39 is 0 Å². The predicted molar refractivity (Wildman–Crippen MR) is 74.0 cm³/mol. The first-order valence-electron chi connectivity index (χ1n) is 5.86. The number of para-hydroxylation sites is 1. The Balaban J connectivity index is 2.08. The number of anilines is 2. The molecule has 3 heteroatoms. The van der Waals surface area contributed by atoms with Crippen LogP contribution in [0.25, 0.3) is 10.9 Å². The molecule has 2 aromatic heterocycles. The van der Waals surface area contributed by atoms with Crippen LogP contribution in [0.3, 0.4) is 0 Å². The normalized spacial score (nSPS) is 10.5. The van der Waals surface area contributed by atoms with Gasteiger partial charge in [-0.3, -0.25) is 9.97 Å². The largest absolute Gasteiger partial charge is 0.355 e. The Labute approximate surface area is 106 Å². The molecular weight excluding hydrogens is 222 g/mol. The van der Waals surface area contributed by atoms with E-state index in [1.807, 2.05) is 36.7 Å². The minimum Gasteiger partial charge on any atom is -0.355 e. The molecule has 2 heterocycles. The van der Waals surface area contributed by atoms with Crippen molar-refractivity contribution in [1.29, 1.82) is 0 Å². The molecule has 0 aliphatic carbocycles. The summed E-state index contributed by atoms with van der Waals surface area (Å²) < 4.78 is 0. The van der Waals surface area contributed by atoms with Crippen molar-refractivity contribution in [3.63, 3.8) is 0 Å².